The lowest BCUT2D eigenvalue weighted by Crippen LogP contribution is -2.30. The predicted molar refractivity (Wildman–Crippen MR) is 115 cm³/mol. The number of nitrogens with zero attached hydrogens (tertiary/aromatic N) is 1. The third-order valence-corrected chi connectivity index (χ3v) is 6.15. The molecule has 1 saturated carbocycles. The number of ether oxygens (including phenoxy) is 1. The zero-order chi connectivity index (χ0) is 19.3. The Kier molecular flexibility index (Phi) is 5.92. The van der Waals surface area contributed by atoms with Crippen LogP contribution in [0.4, 0.5) is 0 Å². The predicted octanol–water partition coefficient (Wildman–Crippen LogP) is 5.70. The Bertz CT molecular complexity index is 955. The highest BCUT2D eigenvalue weighted by Crippen LogP contribution is 2.34. The number of aromatic nitrogens is 1. The second-order valence-electron chi connectivity index (χ2n) is 7.88. The number of rotatable bonds is 6. The topological polar surface area (TPSA) is 31.2 Å². The van der Waals surface area contributed by atoms with E-state index in [2.05, 4.69) is 43.3 Å². The Balaban J connectivity index is 1.41. The van der Waals surface area contributed by atoms with Crippen LogP contribution in [0.1, 0.15) is 56.6 Å². The molecule has 1 aliphatic rings. The van der Waals surface area contributed by atoms with Crippen LogP contribution in [0.5, 0.6) is 0 Å². The van der Waals surface area contributed by atoms with Crippen molar-refractivity contribution in [3.05, 3.63) is 82.6 Å². The van der Waals surface area contributed by atoms with Crippen molar-refractivity contribution in [3.63, 3.8) is 0 Å². The number of pyridine rings is 1. The largest absolute Gasteiger partial charge is 0.376 e. The minimum Gasteiger partial charge on any atom is -0.376 e. The summed E-state index contributed by atoms with van der Waals surface area (Å²) in [7, 11) is 0. The minimum absolute atomic E-state index is 0.0573. The van der Waals surface area contributed by atoms with Gasteiger partial charge in [0.15, 0.2) is 0 Å². The van der Waals surface area contributed by atoms with E-state index < -0.39 is 0 Å². The summed E-state index contributed by atoms with van der Waals surface area (Å²) in [5.41, 5.74) is 2.51. The highest BCUT2D eigenvalue weighted by atomic mass is 16.5. The molecule has 1 atom stereocenters. The van der Waals surface area contributed by atoms with Crippen LogP contribution in [-0.2, 0) is 4.74 Å². The van der Waals surface area contributed by atoms with Crippen molar-refractivity contribution in [2.24, 2.45) is 0 Å². The molecule has 3 nitrogen and oxygen atoms in total. The lowest BCUT2D eigenvalue weighted by molar-refractivity contribution is 0.00657. The normalized spacial score (nSPS) is 20.9. The van der Waals surface area contributed by atoms with Gasteiger partial charge in [0.25, 0.3) is 5.56 Å². The lowest BCUT2D eigenvalue weighted by atomic mass is 9.83. The number of hydrogen-bond acceptors (Lipinski definition) is 2. The molecule has 0 amide bonds. The second kappa shape index (κ2) is 8.74. The Labute approximate surface area is 167 Å². The molecule has 1 fully saturated rings. The van der Waals surface area contributed by atoms with E-state index in [9.17, 15) is 4.79 Å². The third kappa shape index (κ3) is 4.05. The summed E-state index contributed by atoms with van der Waals surface area (Å²) in [6, 6.07) is 22.6. The molecule has 4 rings (SSSR count). The average Bonchev–Trinajstić information content (AvgIpc) is 2.76. The maximum absolute atomic E-state index is 12.6. The summed E-state index contributed by atoms with van der Waals surface area (Å²) in [6.45, 7) is 2.74. The Morgan fingerprint density at radius 3 is 2.39 bits per heavy atom. The first-order valence-electron chi connectivity index (χ1n) is 10.5. The Morgan fingerprint density at radius 1 is 0.929 bits per heavy atom. The quantitative estimate of drug-likeness (QED) is 0.554. The molecule has 0 bridgehead atoms. The monoisotopic (exact) mass is 375 g/mol. The number of para-hydroxylation sites is 1. The molecule has 146 valence electrons. The van der Waals surface area contributed by atoms with E-state index in [1.807, 2.05) is 28.8 Å². The minimum atomic E-state index is 0.0573. The van der Waals surface area contributed by atoms with Crippen LogP contribution in [-0.4, -0.2) is 17.3 Å². The molecule has 1 heterocycles. The van der Waals surface area contributed by atoms with Crippen LogP contribution >= 0.6 is 0 Å². The van der Waals surface area contributed by atoms with Crippen molar-refractivity contribution in [2.75, 3.05) is 6.61 Å². The maximum atomic E-state index is 12.6. The van der Waals surface area contributed by atoms with E-state index in [1.54, 1.807) is 6.07 Å². The van der Waals surface area contributed by atoms with E-state index in [-0.39, 0.29) is 11.6 Å². The standard InChI is InChI=1S/C25H29NO2/c1-2-22(26-24-11-7-6-10-21(24)14-17-25(26)27)18-28-23-15-12-20(13-16-23)19-8-4-3-5-9-19/h3-11,14,17,20,22-23H,2,12-13,15-16,18H2,1H3. The van der Waals surface area contributed by atoms with Gasteiger partial charge in [-0.2, -0.15) is 0 Å². The highest BCUT2D eigenvalue weighted by molar-refractivity contribution is 5.78. The number of benzene rings is 2. The average molecular weight is 376 g/mol. The van der Waals surface area contributed by atoms with Gasteiger partial charge >= 0.3 is 0 Å². The van der Waals surface area contributed by atoms with Gasteiger partial charge in [-0.1, -0.05) is 55.5 Å². The summed E-state index contributed by atoms with van der Waals surface area (Å²) in [5, 5.41) is 1.10. The van der Waals surface area contributed by atoms with Crippen molar-refractivity contribution in [1.29, 1.82) is 0 Å². The lowest BCUT2D eigenvalue weighted by Gasteiger charge is -2.30. The molecule has 28 heavy (non-hydrogen) atoms. The number of hydrogen-bond donors (Lipinski definition) is 0. The van der Waals surface area contributed by atoms with Crippen LogP contribution in [0, 0.1) is 0 Å². The van der Waals surface area contributed by atoms with Gasteiger partial charge in [0, 0.05) is 6.07 Å². The SMILES string of the molecule is CCC(COC1CCC(c2ccccc2)CC1)n1c(=O)ccc2ccccc21. The Morgan fingerprint density at radius 2 is 1.64 bits per heavy atom. The maximum Gasteiger partial charge on any atom is 0.251 e. The summed E-state index contributed by atoms with van der Waals surface area (Å²) in [5.74, 6) is 0.656. The molecular weight excluding hydrogens is 346 g/mol. The van der Waals surface area contributed by atoms with E-state index >= 15 is 0 Å². The first-order chi connectivity index (χ1) is 13.8. The molecule has 0 saturated heterocycles. The van der Waals surface area contributed by atoms with E-state index in [0.717, 1.165) is 30.2 Å². The molecule has 0 radical (unpaired) electrons. The number of fused-ring (bicyclic) bond motifs is 1. The van der Waals surface area contributed by atoms with Crippen molar-refractivity contribution in [1.82, 2.24) is 4.57 Å². The van der Waals surface area contributed by atoms with Crippen molar-refractivity contribution in [2.45, 2.75) is 57.1 Å². The van der Waals surface area contributed by atoms with Crippen LogP contribution < -0.4 is 5.56 Å². The van der Waals surface area contributed by atoms with Gasteiger partial charge < -0.3 is 9.30 Å². The Hall–Kier alpha value is -2.39. The van der Waals surface area contributed by atoms with Crippen molar-refractivity contribution in [3.8, 4) is 0 Å². The zero-order valence-electron chi connectivity index (χ0n) is 16.6. The van der Waals surface area contributed by atoms with E-state index in [1.165, 1.54) is 18.4 Å². The molecule has 1 aromatic heterocycles. The molecule has 0 spiro atoms. The molecule has 3 heteroatoms. The van der Waals surface area contributed by atoms with Crippen molar-refractivity contribution >= 4 is 10.9 Å². The fraction of sp³-hybridized carbons (Fsp3) is 0.400. The fourth-order valence-electron chi connectivity index (χ4n) is 4.49. The zero-order valence-corrected chi connectivity index (χ0v) is 16.6. The van der Waals surface area contributed by atoms with Gasteiger partial charge in [-0.05, 0) is 61.1 Å². The van der Waals surface area contributed by atoms with Gasteiger partial charge in [0.05, 0.1) is 24.3 Å². The van der Waals surface area contributed by atoms with Crippen LogP contribution in [0.3, 0.4) is 0 Å². The van der Waals surface area contributed by atoms with Gasteiger partial charge in [-0.15, -0.1) is 0 Å². The molecule has 0 aliphatic heterocycles. The molecular formula is C25H29NO2. The van der Waals surface area contributed by atoms with Crippen LogP contribution in [0.15, 0.2) is 71.5 Å². The van der Waals surface area contributed by atoms with Crippen LogP contribution in [0.25, 0.3) is 10.9 Å². The molecule has 1 aliphatic carbocycles. The van der Waals surface area contributed by atoms with E-state index in [4.69, 9.17) is 4.74 Å². The molecule has 0 N–H and O–H groups in total. The summed E-state index contributed by atoms with van der Waals surface area (Å²) < 4.78 is 8.24. The first kappa shape index (κ1) is 18.9. The molecule has 1 unspecified atom stereocenters. The highest BCUT2D eigenvalue weighted by Gasteiger charge is 2.24. The second-order valence-corrected chi connectivity index (χ2v) is 7.88. The summed E-state index contributed by atoms with van der Waals surface area (Å²) in [6.07, 6.45) is 5.74. The smallest absolute Gasteiger partial charge is 0.251 e. The molecule has 3 aromatic rings. The first-order valence-corrected chi connectivity index (χ1v) is 10.5. The van der Waals surface area contributed by atoms with Gasteiger partial charge in [0.2, 0.25) is 0 Å². The summed E-state index contributed by atoms with van der Waals surface area (Å²) >= 11 is 0. The van der Waals surface area contributed by atoms with Gasteiger partial charge in [0.1, 0.15) is 0 Å². The summed E-state index contributed by atoms with van der Waals surface area (Å²) in [4.78, 5) is 12.6. The van der Waals surface area contributed by atoms with Crippen LogP contribution in [0.2, 0.25) is 0 Å². The molecule has 2 aromatic carbocycles. The van der Waals surface area contributed by atoms with E-state index in [0.29, 0.717) is 18.6 Å². The van der Waals surface area contributed by atoms with Gasteiger partial charge in [-0.25, -0.2) is 0 Å². The fourth-order valence-corrected chi connectivity index (χ4v) is 4.49. The van der Waals surface area contributed by atoms with Crippen molar-refractivity contribution < 1.29 is 4.74 Å². The van der Waals surface area contributed by atoms with Gasteiger partial charge in [-0.3, -0.25) is 4.79 Å². The third-order valence-electron chi connectivity index (χ3n) is 6.15.